The molecule has 2 N–H and O–H groups in total. The molecule has 8 nitrogen and oxygen atoms in total. The largest absolute Gasteiger partial charge is 0.497 e. The maximum Gasteiger partial charge on any atom is 0.262 e. The normalized spacial score (nSPS) is 11.6. The number of ether oxygens (including phenoxy) is 4. The van der Waals surface area contributed by atoms with E-state index in [0.717, 1.165) is 11.4 Å². The molecule has 1 amide bonds. The van der Waals surface area contributed by atoms with Crippen LogP contribution in [-0.4, -0.2) is 46.6 Å². The number of carbonyl (C=O) groups is 1. The van der Waals surface area contributed by atoms with E-state index in [2.05, 4.69) is 15.8 Å². The molecular weight excluding hydrogens is 362 g/mol. The van der Waals surface area contributed by atoms with Gasteiger partial charge in [0.25, 0.3) is 5.91 Å². The molecule has 0 aliphatic carbocycles. The summed E-state index contributed by atoms with van der Waals surface area (Å²) in [6, 6.07) is 10.3. The second-order valence-electron chi connectivity index (χ2n) is 5.79. The maximum atomic E-state index is 12.2. The third kappa shape index (κ3) is 5.29. The molecule has 2 rings (SSSR count). The summed E-state index contributed by atoms with van der Waals surface area (Å²) in [7, 11) is 6.20. The van der Waals surface area contributed by atoms with Gasteiger partial charge in [0, 0.05) is 11.3 Å². The monoisotopic (exact) mass is 387 g/mol. The quantitative estimate of drug-likeness (QED) is 0.508. The van der Waals surface area contributed by atoms with Gasteiger partial charge in [-0.2, -0.15) is 5.10 Å². The number of hydrazone groups is 1. The van der Waals surface area contributed by atoms with Gasteiger partial charge in [-0.05, 0) is 43.3 Å². The lowest BCUT2D eigenvalue weighted by Gasteiger charge is -2.14. The molecule has 150 valence electrons. The van der Waals surface area contributed by atoms with Crippen LogP contribution in [0.3, 0.4) is 0 Å². The van der Waals surface area contributed by atoms with Crippen LogP contribution in [0.2, 0.25) is 0 Å². The molecular formula is C20H25N3O5. The fourth-order valence-corrected chi connectivity index (χ4v) is 2.45. The highest BCUT2D eigenvalue weighted by molar-refractivity contribution is 5.87. The van der Waals surface area contributed by atoms with Crippen molar-refractivity contribution in [3.8, 4) is 23.0 Å². The van der Waals surface area contributed by atoms with E-state index in [1.165, 1.54) is 27.5 Å². The smallest absolute Gasteiger partial charge is 0.262 e. The molecule has 8 heteroatoms. The zero-order valence-corrected chi connectivity index (χ0v) is 16.6. The van der Waals surface area contributed by atoms with Crippen molar-refractivity contribution in [1.82, 2.24) is 5.43 Å². The predicted octanol–water partition coefficient (Wildman–Crippen LogP) is 2.67. The van der Waals surface area contributed by atoms with Gasteiger partial charge >= 0.3 is 0 Å². The summed E-state index contributed by atoms with van der Waals surface area (Å²) in [4.78, 5) is 12.2. The minimum atomic E-state index is -0.481. The Morgan fingerprint density at radius 3 is 2.07 bits per heavy atom. The summed E-state index contributed by atoms with van der Waals surface area (Å²) < 4.78 is 21.0. The Morgan fingerprint density at radius 1 is 0.964 bits per heavy atom. The maximum absolute atomic E-state index is 12.2. The standard InChI is InChI=1S/C20H25N3O5/c1-13(22-15-6-8-16(25-2)9-7-15)20(24)23-21-12-14-10-17(26-3)19(28-5)18(11-14)27-4/h6-13,22H,1-5H3,(H,23,24)/b21-12+. The van der Waals surface area contributed by atoms with Gasteiger partial charge in [0.2, 0.25) is 5.75 Å². The van der Waals surface area contributed by atoms with Crippen molar-refractivity contribution in [2.24, 2.45) is 5.10 Å². The molecule has 0 spiro atoms. The molecule has 2 aromatic rings. The summed E-state index contributed by atoms with van der Waals surface area (Å²) in [6.45, 7) is 1.74. The summed E-state index contributed by atoms with van der Waals surface area (Å²) in [5.74, 6) is 1.97. The Hall–Kier alpha value is -3.42. The van der Waals surface area contributed by atoms with Crippen molar-refractivity contribution in [1.29, 1.82) is 0 Å². The molecule has 2 aromatic carbocycles. The predicted molar refractivity (Wildman–Crippen MR) is 108 cm³/mol. The second-order valence-corrected chi connectivity index (χ2v) is 5.79. The highest BCUT2D eigenvalue weighted by atomic mass is 16.5. The topological polar surface area (TPSA) is 90.4 Å². The first-order valence-corrected chi connectivity index (χ1v) is 8.55. The number of anilines is 1. The minimum absolute atomic E-state index is 0.278. The average molecular weight is 387 g/mol. The van der Waals surface area contributed by atoms with Crippen molar-refractivity contribution in [3.63, 3.8) is 0 Å². The van der Waals surface area contributed by atoms with Crippen LogP contribution in [0.5, 0.6) is 23.0 Å². The first-order chi connectivity index (χ1) is 13.5. The highest BCUT2D eigenvalue weighted by Gasteiger charge is 2.13. The first kappa shape index (κ1) is 20.9. The van der Waals surface area contributed by atoms with Gasteiger partial charge in [-0.3, -0.25) is 4.79 Å². The number of nitrogens with zero attached hydrogens (tertiary/aromatic N) is 1. The molecule has 1 unspecified atom stereocenters. The summed E-state index contributed by atoms with van der Waals surface area (Å²) in [5.41, 5.74) is 4.00. The van der Waals surface area contributed by atoms with Crippen LogP contribution in [-0.2, 0) is 4.79 Å². The van der Waals surface area contributed by atoms with Crippen LogP contribution in [0.1, 0.15) is 12.5 Å². The number of methoxy groups -OCH3 is 4. The molecule has 0 fully saturated rings. The third-order valence-electron chi connectivity index (χ3n) is 3.94. The Morgan fingerprint density at radius 2 is 1.57 bits per heavy atom. The van der Waals surface area contributed by atoms with Crippen LogP contribution in [0.4, 0.5) is 5.69 Å². The van der Waals surface area contributed by atoms with Crippen LogP contribution in [0.25, 0.3) is 0 Å². The molecule has 1 atom stereocenters. The van der Waals surface area contributed by atoms with E-state index in [1.54, 1.807) is 26.2 Å². The number of hydrogen-bond acceptors (Lipinski definition) is 7. The lowest BCUT2D eigenvalue weighted by atomic mass is 10.2. The van der Waals surface area contributed by atoms with Gasteiger partial charge in [-0.25, -0.2) is 5.43 Å². The van der Waals surface area contributed by atoms with Gasteiger partial charge in [0.1, 0.15) is 11.8 Å². The lowest BCUT2D eigenvalue weighted by Crippen LogP contribution is -2.34. The van der Waals surface area contributed by atoms with Crippen molar-refractivity contribution in [3.05, 3.63) is 42.0 Å². The molecule has 0 bridgehead atoms. The fraction of sp³-hybridized carbons (Fsp3) is 0.300. The average Bonchev–Trinajstić information content (AvgIpc) is 2.73. The van der Waals surface area contributed by atoms with E-state index in [4.69, 9.17) is 18.9 Å². The van der Waals surface area contributed by atoms with Crippen molar-refractivity contribution < 1.29 is 23.7 Å². The van der Waals surface area contributed by atoms with Crippen LogP contribution in [0, 0.1) is 0 Å². The summed E-state index contributed by atoms with van der Waals surface area (Å²) in [6.07, 6.45) is 1.50. The molecule has 0 saturated heterocycles. The zero-order chi connectivity index (χ0) is 20.5. The van der Waals surface area contributed by atoms with Gasteiger partial charge < -0.3 is 24.3 Å². The number of rotatable bonds is 9. The van der Waals surface area contributed by atoms with Gasteiger partial charge in [0.15, 0.2) is 11.5 Å². The first-order valence-electron chi connectivity index (χ1n) is 8.55. The Kier molecular flexibility index (Phi) is 7.50. The van der Waals surface area contributed by atoms with Crippen molar-refractivity contribution in [2.75, 3.05) is 33.8 Å². The molecule has 0 aliphatic heterocycles. The minimum Gasteiger partial charge on any atom is -0.497 e. The number of amides is 1. The number of benzene rings is 2. The van der Waals surface area contributed by atoms with Crippen LogP contribution < -0.4 is 29.7 Å². The Labute approximate surface area is 164 Å². The third-order valence-corrected chi connectivity index (χ3v) is 3.94. The number of carbonyl (C=O) groups excluding carboxylic acids is 1. The molecule has 0 aliphatic rings. The zero-order valence-electron chi connectivity index (χ0n) is 16.6. The SMILES string of the molecule is COc1ccc(NC(C)C(=O)N/N=C/c2cc(OC)c(OC)c(OC)c2)cc1. The van der Waals surface area contributed by atoms with E-state index >= 15 is 0 Å². The van der Waals surface area contributed by atoms with Crippen molar-refractivity contribution >= 4 is 17.8 Å². The van der Waals surface area contributed by atoms with E-state index < -0.39 is 6.04 Å². The second kappa shape index (κ2) is 10.1. The summed E-state index contributed by atoms with van der Waals surface area (Å²) >= 11 is 0. The van der Waals surface area contributed by atoms with E-state index in [9.17, 15) is 4.79 Å². The molecule has 28 heavy (non-hydrogen) atoms. The lowest BCUT2D eigenvalue weighted by molar-refractivity contribution is -0.121. The van der Waals surface area contributed by atoms with Gasteiger partial charge in [-0.15, -0.1) is 0 Å². The van der Waals surface area contributed by atoms with Crippen molar-refractivity contribution in [2.45, 2.75) is 13.0 Å². The number of nitrogens with one attached hydrogen (secondary N) is 2. The molecule has 0 heterocycles. The Balaban J connectivity index is 2.00. The van der Waals surface area contributed by atoms with Crippen LogP contribution in [0.15, 0.2) is 41.5 Å². The highest BCUT2D eigenvalue weighted by Crippen LogP contribution is 2.37. The molecule has 0 saturated carbocycles. The number of hydrogen-bond donors (Lipinski definition) is 2. The van der Waals surface area contributed by atoms with E-state index in [0.29, 0.717) is 22.8 Å². The van der Waals surface area contributed by atoms with Crippen LogP contribution >= 0.6 is 0 Å². The molecule has 0 radical (unpaired) electrons. The van der Waals surface area contributed by atoms with Gasteiger partial charge in [-0.1, -0.05) is 0 Å². The van der Waals surface area contributed by atoms with Gasteiger partial charge in [0.05, 0.1) is 34.7 Å². The summed E-state index contributed by atoms with van der Waals surface area (Å²) in [5, 5.41) is 7.10. The molecule has 0 aromatic heterocycles. The fourth-order valence-electron chi connectivity index (χ4n) is 2.45. The van der Waals surface area contributed by atoms with E-state index in [-0.39, 0.29) is 5.91 Å². The Bertz CT molecular complexity index is 796. The van der Waals surface area contributed by atoms with E-state index in [1.807, 2.05) is 24.3 Å².